The van der Waals surface area contributed by atoms with Crippen LogP contribution in [0.4, 0.5) is 0 Å². The molecule has 0 bridgehead atoms. The van der Waals surface area contributed by atoms with Crippen LogP contribution in [0.2, 0.25) is 0 Å². The normalized spacial score (nSPS) is 16.8. The number of hydrogen-bond donors (Lipinski definition) is 0. The van der Waals surface area contributed by atoms with Gasteiger partial charge in [-0.3, -0.25) is 9.79 Å². The van der Waals surface area contributed by atoms with Crippen LogP contribution in [0.5, 0.6) is 0 Å². The summed E-state index contributed by atoms with van der Waals surface area (Å²) >= 11 is 0. The van der Waals surface area contributed by atoms with E-state index in [0.29, 0.717) is 6.04 Å². The van der Waals surface area contributed by atoms with Crippen LogP contribution in [-0.2, 0) is 0 Å². The lowest BCUT2D eigenvalue weighted by Crippen LogP contribution is -2.21. The maximum Gasteiger partial charge on any atom is 0.194 e. The highest BCUT2D eigenvalue weighted by Gasteiger charge is 2.29. The van der Waals surface area contributed by atoms with Crippen LogP contribution in [-0.4, -0.2) is 17.5 Å². The van der Waals surface area contributed by atoms with Gasteiger partial charge in [0.25, 0.3) is 0 Å². The van der Waals surface area contributed by atoms with Gasteiger partial charge in [0.1, 0.15) is 0 Å². The number of ketones is 1. The van der Waals surface area contributed by atoms with Crippen LogP contribution < -0.4 is 0 Å². The van der Waals surface area contributed by atoms with E-state index >= 15 is 0 Å². The zero-order valence-corrected chi connectivity index (χ0v) is 10.5. The third kappa shape index (κ3) is 1.64. The van der Waals surface area contributed by atoms with Crippen LogP contribution in [0.25, 0.3) is 0 Å². The van der Waals surface area contributed by atoms with Crippen molar-refractivity contribution in [1.29, 1.82) is 0 Å². The van der Waals surface area contributed by atoms with Gasteiger partial charge in [0.05, 0.1) is 11.8 Å². The van der Waals surface area contributed by atoms with Gasteiger partial charge in [-0.05, 0) is 12.8 Å². The molecule has 1 fully saturated rings. The van der Waals surface area contributed by atoms with Crippen LogP contribution in [0, 0.1) is 0 Å². The molecule has 2 aromatic rings. The van der Waals surface area contributed by atoms with Gasteiger partial charge in [-0.25, -0.2) is 0 Å². The molecule has 2 nitrogen and oxygen atoms in total. The molecule has 0 radical (unpaired) electrons. The first-order chi connectivity index (χ1) is 9.34. The van der Waals surface area contributed by atoms with Crippen molar-refractivity contribution < 1.29 is 4.79 Å². The van der Waals surface area contributed by atoms with Crippen LogP contribution in [0.1, 0.15) is 39.9 Å². The standard InChI is InChI=1S/C17H13NO/c19-17-14-7-3-1-5-12(14)16(18-11-9-10-11)13-6-2-4-8-15(13)17/h1-8,11H,9-10H2. The first kappa shape index (κ1) is 10.7. The van der Waals surface area contributed by atoms with E-state index in [2.05, 4.69) is 0 Å². The molecule has 0 heterocycles. The fraction of sp³-hybridized carbons (Fsp3) is 0.176. The van der Waals surface area contributed by atoms with Gasteiger partial charge in [0, 0.05) is 22.3 Å². The zero-order chi connectivity index (χ0) is 12.8. The average Bonchev–Trinajstić information content (AvgIpc) is 3.28. The minimum atomic E-state index is 0.112. The summed E-state index contributed by atoms with van der Waals surface area (Å²) in [6.45, 7) is 0. The van der Waals surface area contributed by atoms with E-state index in [4.69, 9.17) is 4.99 Å². The maximum absolute atomic E-state index is 12.5. The number of hydrogen-bond acceptors (Lipinski definition) is 2. The summed E-state index contributed by atoms with van der Waals surface area (Å²) in [5.41, 5.74) is 4.52. The number of rotatable bonds is 1. The van der Waals surface area contributed by atoms with Crippen molar-refractivity contribution in [3.8, 4) is 0 Å². The van der Waals surface area contributed by atoms with E-state index < -0.39 is 0 Å². The summed E-state index contributed by atoms with van der Waals surface area (Å²) in [6.07, 6.45) is 2.34. The largest absolute Gasteiger partial charge is 0.289 e. The van der Waals surface area contributed by atoms with Gasteiger partial charge < -0.3 is 0 Å². The Kier molecular flexibility index (Phi) is 2.18. The van der Waals surface area contributed by atoms with Gasteiger partial charge in [0.15, 0.2) is 5.78 Å². The molecule has 0 aliphatic heterocycles. The summed E-state index contributed by atoms with van der Waals surface area (Å²) in [6, 6.07) is 16.0. The van der Waals surface area contributed by atoms with Crippen LogP contribution in [0.3, 0.4) is 0 Å². The van der Waals surface area contributed by atoms with Crippen molar-refractivity contribution in [3.63, 3.8) is 0 Å². The van der Waals surface area contributed by atoms with E-state index in [1.165, 1.54) is 12.8 Å². The predicted molar refractivity (Wildman–Crippen MR) is 75.0 cm³/mol. The molecule has 0 aromatic heterocycles. The van der Waals surface area contributed by atoms with E-state index in [1.807, 2.05) is 48.5 Å². The Hall–Kier alpha value is -2.22. The Labute approximate surface area is 111 Å². The number of carbonyl (C=O) groups is 1. The van der Waals surface area contributed by atoms with Gasteiger partial charge >= 0.3 is 0 Å². The van der Waals surface area contributed by atoms with E-state index in [0.717, 1.165) is 28.0 Å². The van der Waals surface area contributed by atoms with Crippen molar-refractivity contribution in [3.05, 3.63) is 70.8 Å². The van der Waals surface area contributed by atoms with Gasteiger partial charge in [-0.2, -0.15) is 0 Å². The number of benzene rings is 2. The topological polar surface area (TPSA) is 29.4 Å². The third-order valence-electron chi connectivity index (χ3n) is 3.71. The molecule has 2 aromatic carbocycles. The number of carbonyl (C=O) groups excluding carboxylic acids is 1. The second-order valence-electron chi connectivity index (χ2n) is 5.13. The molecule has 1 saturated carbocycles. The Morgan fingerprint density at radius 2 is 1.26 bits per heavy atom. The lowest BCUT2D eigenvalue weighted by atomic mass is 9.83. The first-order valence-electron chi connectivity index (χ1n) is 6.66. The molecular formula is C17H13NO. The van der Waals surface area contributed by atoms with Crippen molar-refractivity contribution >= 4 is 11.5 Å². The summed E-state index contributed by atoms with van der Waals surface area (Å²) < 4.78 is 0. The molecule has 0 unspecified atom stereocenters. The summed E-state index contributed by atoms with van der Waals surface area (Å²) in [5, 5.41) is 0. The molecule has 0 N–H and O–H groups in total. The Morgan fingerprint density at radius 3 is 1.74 bits per heavy atom. The highest BCUT2D eigenvalue weighted by Crippen LogP contribution is 2.31. The number of aliphatic imine (C=N–C) groups is 1. The monoisotopic (exact) mass is 247 g/mol. The fourth-order valence-corrected chi connectivity index (χ4v) is 2.59. The first-order valence-corrected chi connectivity index (χ1v) is 6.66. The fourth-order valence-electron chi connectivity index (χ4n) is 2.59. The summed E-state index contributed by atoms with van der Waals surface area (Å²) in [5.74, 6) is 0.112. The van der Waals surface area contributed by atoms with Gasteiger partial charge in [-0.15, -0.1) is 0 Å². The SMILES string of the molecule is O=C1c2ccccc2C(=NC2CC2)c2ccccc21. The third-order valence-corrected chi connectivity index (χ3v) is 3.71. The molecule has 92 valence electrons. The minimum Gasteiger partial charge on any atom is -0.289 e. The molecule has 2 aliphatic carbocycles. The van der Waals surface area contributed by atoms with Crippen molar-refractivity contribution in [2.45, 2.75) is 18.9 Å². The molecule has 0 amide bonds. The molecule has 4 rings (SSSR count). The lowest BCUT2D eigenvalue weighted by molar-refractivity contribution is 0.103. The van der Waals surface area contributed by atoms with E-state index in [9.17, 15) is 4.79 Å². The minimum absolute atomic E-state index is 0.112. The molecule has 19 heavy (non-hydrogen) atoms. The molecule has 0 spiro atoms. The molecular weight excluding hydrogens is 234 g/mol. The van der Waals surface area contributed by atoms with Crippen molar-refractivity contribution in [2.24, 2.45) is 4.99 Å². The quantitative estimate of drug-likeness (QED) is 0.649. The van der Waals surface area contributed by atoms with E-state index in [1.54, 1.807) is 0 Å². The Bertz CT molecular complexity index is 659. The average molecular weight is 247 g/mol. The van der Waals surface area contributed by atoms with E-state index in [-0.39, 0.29) is 5.78 Å². The number of nitrogens with zero attached hydrogens (tertiary/aromatic N) is 1. The summed E-state index contributed by atoms with van der Waals surface area (Å²) in [4.78, 5) is 17.3. The van der Waals surface area contributed by atoms with Crippen LogP contribution >= 0.6 is 0 Å². The van der Waals surface area contributed by atoms with Gasteiger partial charge in [-0.1, -0.05) is 48.5 Å². The molecule has 2 aliphatic rings. The highest BCUT2D eigenvalue weighted by atomic mass is 16.1. The van der Waals surface area contributed by atoms with Gasteiger partial charge in [0.2, 0.25) is 0 Å². The molecule has 0 saturated heterocycles. The van der Waals surface area contributed by atoms with Crippen molar-refractivity contribution in [1.82, 2.24) is 0 Å². The second-order valence-corrected chi connectivity index (χ2v) is 5.13. The highest BCUT2D eigenvalue weighted by molar-refractivity contribution is 6.30. The smallest absolute Gasteiger partial charge is 0.194 e. The predicted octanol–water partition coefficient (Wildman–Crippen LogP) is 3.23. The molecule has 2 heteroatoms. The zero-order valence-electron chi connectivity index (χ0n) is 10.5. The molecule has 0 atom stereocenters. The maximum atomic E-state index is 12.5. The number of fused-ring (bicyclic) bond motifs is 2. The Morgan fingerprint density at radius 1 is 0.789 bits per heavy atom. The van der Waals surface area contributed by atoms with Crippen LogP contribution in [0.15, 0.2) is 53.5 Å². The second kappa shape index (κ2) is 3.89. The Balaban J connectivity index is 2.01. The summed E-state index contributed by atoms with van der Waals surface area (Å²) in [7, 11) is 0. The lowest BCUT2D eigenvalue weighted by Gasteiger charge is -2.20. The van der Waals surface area contributed by atoms with Crippen molar-refractivity contribution in [2.75, 3.05) is 0 Å².